The van der Waals surface area contributed by atoms with Crippen molar-refractivity contribution in [3.63, 3.8) is 0 Å². The molecule has 4 nitrogen and oxygen atoms in total. The van der Waals surface area contributed by atoms with Crippen molar-refractivity contribution in [3.05, 3.63) is 95.2 Å². The lowest BCUT2D eigenvalue weighted by Gasteiger charge is -2.18. The van der Waals surface area contributed by atoms with Crippen LogP contribution in [-0.2, 0) is 0 Å². The van der Waals surface area contributed by atoms with E-state index in [4.69, 9.17) is 5.73 Å². The summed E-state index contributed by atoms with van der Waals surface area (Å²) in [5.74, 6) is -0.714. The van der Waals surface area contributed by atoms with Gasteiger partial charge in [0.1, 0.15) is 17.5 Å². The van der Waals surface area contributed by atoms with Crippen LogP contribution in [0, 0.1) is 11.6 Å². The second kappa shape index (κ2) is 8.40. The largest absolute Gasteiger partial charge is 0.384 e. The molecule has 3 rings (SSSR count). The number of nitrogens with zero attached hydrogens (tertiary/aromatic N) is 1. The Morgan fingerprint density at radius 3 is 2.04 bits per heavy atom. The van der Waals surface area contributed by atoms with E-state index in [0.717, 1.165) is 11.1 Å². The lowest BCUT2D eigenvalue weighted by molar-refractivity contribution is 0.0952. The van der Waals surface area contributed by atoms with E-state index in [1.165, 1.54) is 36.5 Å². The van der Waals surface area contributed by atoms with Gasteiger partial charge in [-0.25, -0.2) is 13.8 Å². The molecule has 3 N–H and O–H groups in total. The molecule has 0 bridgehead atoms. The number of pyridine rings is 1. The normalized spacial score (nSPS) is 10.8. The number of benzene rings is 2. The molecule has 0 saturated carbocycles. The van der Waals surface area contributed by atoms with E-state index >= 15 is 0 Å². The van der Waals surface area contributed by atoms with Crippen molar-refractivity contribution in [1.29, 1.82) is 0 Å². The minimum Gasteiger partial charge on any atom is -0.384 e. The summed E-state index contributed by atoms with van der Waals surface area (Å²) in [6, 6.07) is 15.5. The third-order valence-corrected chi connectivity index (χ3v) is 4.31. The summed E-state index contributed by atoms with van der Waals surface area (Å²) in [6.45, 7) is 0.389. The Hall–Kier alpha value is -3.28. The first-order valence-electron chi connectivity index (χ1n) is 8.53. The van der Waals surface area contributed by atoms with Crippen LogP contribution in [0.25, 0.3) is 0 Å². The first-order valence-corrected chi connectivity index (χ1v) is 8.53. The van der Waals surface area contributed by atoms with Crippen molar-refractivity contribution in [2.75, 3.05) is 12.3 Å². The molecule has 0 aliphatic heterocycles. The van der Waals surface area contributed by atoms with E-state index in [2.05, 4.69) is 10.3 Å². The van der Waals surface area contributed by atoms with E-state index in [1.807, 2.05) is 0 Å². The number of nitrogens with one attached hydrogen (secondary N) is 1. The van der Waals surface area contributed by atoms with Gasteiger partial charge in [-0.15, -0.1) is 0 Å². The van der Waals surface area contributed by atoms with Gasteiger partial charge in [0.25, 0.3) is 5.91 Å². The summed E-state index contributed by atoms with van der Waals surface area (Å²) in [5.41, 5.74) is 7.82. The monoisotopic (exact) mass is 367 g/mol. The minimum absolute atomic E-state index is 0.103. The highest BCUT2D eigenvalue weighted by Crippen LogP contribution is 2.28. The zero-order valence-electron chi connectivity index (χ0n) is 14.5. The maximum absolute atomic E-state index is 13.3. The number of halogens is 2. The van der Waals surface area contributed by atoms with Gasteiger partial charge < -0.3 is 11.1 Å². The van der Waals surface area contributed by atoms with E-state index in [1.54, 1.807) is 30.3 Å². The summed E-state index contributed by atoms with van der Waals surface area (Å²) in [5, 5.41) is 2.85. The second-order valence-electron chi connectivity index (χ2n) is 6.17. The van der Waals surface area contributed by atoms with Crippen molar-refractivity contribution >= 4 is 11.7 Å². The predicted molar refractivity (Wildman–Crippen MR) is 100 cm³/mol. The highest BCUT2D eigenvalue weighted by atomic mass is 19.1. The first kappa shape index (κ1) is 18.5. The van der Waals surface area contributed by atoms with Crippen LogP contribution in [0.15, 0.2) is 66.9 Å². The summed E-state index contributed by atoms with van der Waals surface area (Å²) < 4.78 is 26.5. The quantitative estimate of drug-likeness (QED) is 0.694. The SMILES string of the molecule is Nc1cc(C(=O)NCCC(c2ccc(F)cc2)c2ccc(F)cc2)ccn1. The van der Waals surface area contributed by atoms with Gasteiger partial charge in [0.2, 0.25) is 0 Å². The molecule has 2 aromatic carbocycles. The summed E-state index contributed by atoms with van der Waals surface area (Å²) in [7, 11) is 0. The Kier molecular flexibility index (Phi) is 5.76. The van der Waals surface area contributed by atoms with Gasteiger partial charge in [0.15, 0.2) is 0 Å². The van der Waals surface area contributed by atoms with Gasteiger partial charge in [-0.1, -0.05) is 24.3 Å². The highest BCUT2D eigenvalue weighted by molar-refractivity contribution is 5.94. The molecule has 1 aromatic heterocycles. The van der Waals surface area contributed by atoms with Crippen LogP contribution in [0.4, 0.5) is 14.6 Å². The van der Waals surface area contributed by atoms with Gasteiger partial charge in [0.05, 0.1) is 0 Å². The van der Waals surface area contributed by atoms with Gasteiger partial charge >= 0.3 is 0 Å². The Bertz CT molecular complexity index is 866. The van der Waals surface area contributed by atoms with Crippen LogP contribution in [0.2, 0.25) is 0 Å². The molecular formula is C21H19F2N3O. The van der Waals surface area contributed by atoms with Crippen molar-refractivity contribution in [2.45, 2.75) is 12.3 Å². The van der Waals surface area contributed by atoms with Gasteiger partial charge in [-0.2, -0.15) is 0 Å². The zero-order valence-corrected chi connectivity index (χ0v) is 14.5. The third kappa shape index (κ3) is 4.88. The molecule has 0 aliphatic carbocycles. The van der Waals surface area contributed by atoms with Gasteiger partial charge in [-0.3, -0.25) is 4.79 Å². The number of hydrogen-bond donors (Lipinski definition) is 2. The topological polar surface area (TPSA) is 68.0 Å². The fourth-order valence-electron chi connectivity index (χ4n) is 2.94. The Morgan fingerprint density at radius 2 is 1.52 bits per heavy atom. The van der Waals surface area contributed by atoms with Crippen molar-refractivity contribution in [2.24, 2.45) is 0 Å². The second-order valence-corrected chi connectivity index (χ2v) is 6.17. The highest BCUT2D eigenvalue weighted by Gasteiger charge is 2.15. The van der Waals surface area contributed by atoms with Crippen molar-refractivity contribution < 1.29 is 13.6 Å². The molecule has 0 atom stereocenters. The van der Waals surface area contributed by atoms with E-state index in [-0.39, 0.29) is 29.3 Å². The number of nitrogens with two attached hydrogens (primary N) is 1. The molecule has 0 aliphatic rings. The number of anilines is 1. The van der Waals surface area contributed by atoms with E-state index in [0.29, 0.717) is 18.5 Å². The molecule has 27 heavy (non-hydrogen) atoms. The van der Waals surface area contributed by atoms with E-state index < -0.39 is 0 Å². The Balaban J connectivity index is 1.72. The number of rotatable bonds is 6. The van der Waals surface area contributed by atoms with Gasteiger partial charge in [-0.05, 0) is 53.9 Å². The molecule has 0 saturated heterocycles. The number of nitrogen functional groups attached to an aromatic ring is 1. The molecule has 1 amide bonds. The lowest BCUT2D eigenvalue weighted by atomic mass is 9.88. The molecule has 0 spiro atoms. The van der Waals surface area contributed by atoms with E-state index in [9.17, 15) is 13.6 Å². The molecule has 1 heterocycles. The lowest BCUT2D eigenvalue weighted by Crippen LogP contribution is -2.26. The number of amides is 1. The predicted octanol–water partition coefficient (Wildman–Crippen LogP) is 3.89. The molecule has 0 unspecified atom stereocenters. The molecule has 0 radical (unpaired) electrons. The minimum atomic E-state index is -0.319. The number of aromatic nitrogens is 1. The Morgan fingerprint density at radius 1 is 0.963 bits per heavy atom. The number of hydrogen-bond acceptors (Lipinski definition) is 3. The molecular weight excluding hydrogens is 348 g/mol. The van der Waals surface area contributed by atoms with Crippen LogP contribution >= 0.6 is 0 Å². The third-order valence-electron chi connectivity index (χ3n) is 4.31. The number of carbonyl (C=O) groups is 1. The fraction of sp³-hybridized carbons (Fsp3) is 0.143. The molecule has 138 valence electrons. The smallest absolute Gasteiger partial charge is 0.251 e. The van der Waals surface area contributed by atoms with Crippen LogP contribution in [0.3, 0.4) is 0 Å². The van der Waals surface area contributed by atoms with Crippen molar-refractivity contribution in [3.8, 4) is 0 Å². The summed E-state index contributed by atoms with van der Waals surface area (Å²) >= 11 is 0. The average molecular weight is 367 g/mol. The molecule has 0 fully saturated rings. The Labute approximate surface area is 156 Å². The maximum atomic E-state index is 13.3. The van der Waals surface area contributed by atoms with Crippen LogP contribution in [0.5, 0.6) is 0 Å². The van der Waals surface area contributed by atoms with Crippen LogP contribution < -0.4 is 11.1 Å². The average Bonchev–Trinajstić information content (AvgIpc) is 2.67. The molecule has 6 heteroatoms. The molecule has 3 aromatic rings. The van der Waals surface area contributed by atoms with Gasteiger partial charge in [0, 0.05) is 24.2 Å². The summed E-state index contributed by atoms with van der Waals surface area (Å²) in [4.78, 5) is 16.1. The summed E-state index contributed by atoms with van der Waals surface area (Å²) in [6.07, 6.45) is 2.05. The first-order chi connectivity index (χ1) is 13.0. The number of carbonyl (C=O) groups excluding carboxylic acids is 1. The maximum Gasteiger partial charge on any atom is 0.251 e. The zero-order chi connectivity index (χ0) is 19.2. The standard InChI is InChI=1S/C21H19F2N3O/c22-17-5-1-14(2-6-17)19(15-3-7-18(23)8-4-15)10-12-26-21(27)16-9-11-25-20(24)13-16/h1-9,11,13,19H,10,12H2,(H2,24,25)(H,26,27). The van der Waals surface area contributed by atoms with Crippen molar-refractivity contribution in [1.82, 2.24) is 10.3 Å². The fourth-order valence-corrected chi connectivity index (χ4v) is 2.94. The van der Waals surface area contributed by atoms with Crippen LogP contribution in [0.1, 0.15) is 33.8 Å². The van der Waals surface area contributed by atoms with Crippen LogP contribution in [-0.4, -0.2) is 17.4 Å².